The topological polar surface area (TPSA) is 51.7 Å². The summed E-state index contributed by atoms with van der Waals surface area (Å²) >= 11 is 0. The molecule has 1 fully saturated rings. The van der Waals surface area contributed by atoms with Gasteiger partial charge in [-0.25, -0.2) is 4.39 Å². The summed E-state index contributed by atoms with van der Waals surface area (Å²) in [5, 5.41) is 0. The molecule has 1 amide bonds. The lowest BCUT2D eigenvalue weighted by Crippen LogP contribution is -2.47. The largest absolute Gasteiger partial charge is 0.489 e. The highest BCUT2D eigenvalue weighted by atomic mass is 19.4. The number of alkyl halides is 3. The summed E-state index contributed by atoms with van der Waals surface area (Å²) in [6.45, 7) is 2.88. The molecule has 0 saturated carbocycles. The molecule has 2 aromatic rings. The Morgan fingerprint density at radius 2 is 2.13 bits per heavy atom. The second-order valence-electron chi connectivity index (χ2n) is 6.79. The van der Waals surface area contributed by atoms with Crippen LogP contribution in [0.5, 0.6) is 5.75 Å². The highest BCUT2D eigenvalue weighted by Crippen LogP contribution is 2.33. The number of benzene rings is 1. The Labute approximate surface area is 170 Å². The van der Waals surface area contributed by atoms with Gasteiger partial charge in [-0.15, -0.1) is 0 Å². The van der Waals surface area contributed by atoms with Crippen LogP contribution < -0.4 is 4.74 Å². The molecule has 1 aliphatic rings. The van der Waals surface area contributed by atoms with Gasteiger partial charge in [-0.05, 0) is 42.8 Å². The predicted octanol–water partition coefficient (Wildman–Crippen LogP) is 3.87. The van der Waals surface area contributed by atoms with E-state index in [1.807, 2.05) is 13.0 Å². The fourth-order valence-electron chi connectivity index (χ4n) is 2.93. The van der Waals surface area contributed by atoms with Gasteiger partial charge in [-0.2, -0.15) is 13.2 Å². The van der Waals surface area contributed by atoms with Crippen LogP contribution in [-0.4, -0.2) is 48.2 Å². The SMILES string of the molecule is Cc1ccc(OCC2CN(C(=O)C=Cc3ccc(F)cc3C(F)(F)F)CCO2)cn1. The molecule has 1 aliphatic heterocycles. The van der Waals surface area contributed by atoms with Gasteiger partial charge < -0.3 is 14.4 Å². The summed E-state index contributed by atoms with van der Waals surface area (Å²) in [6.07, 6.45) is -1.42. The molecule has 160 valence electrons. The number of ether oxygens (including phenoxy) is 2. The van der Waals surface area contributed by atoms with Crippen molar-refractivity contribution in [2.45, 2.75) is 19.2 Å². The standard InChI is InChI=1S/C21H20F4N2O3/c1-14-2-6-17(11-26-14)30-13-18-12-27(8-9-29-18)20(28)7-4-15-3-5-16(22)10-19(15)21(23,24)25/h2-7,10-11,18H,8-9,12-13H2,1H3. The van der Waals surface area contributed by atoms with Crippen LogP contribution in [0.4, 0.5) is 17.6 Å². The van der Waals surface area contributed by atoms with Gasteiger partial charge in [0.1, 0.15) is 24.3 Å². The number of hydrogen-bond acceptors (Lipinski definition) is 4. The smallest absolute Gasteiger partial charge is 0.417 e. The number of carbonyl (C=O) groups is 1. The van der Waals surface area contributed by atoms with Gasteiger partial charge in [0.05, 0.1) is 24.9 Å². The molecule has 1 aromatic carbocycles. The zero-order valence-corrected chi connectivity index (χ0v) is 16.2. The average molecular weight is 424 g/mol. The van der Waals surface area contributed by atoms with Crippen molar-refractivity contribution in [1.82, 2.24) is 9.88 Å². The van der Waals surface area contributed by atoms with E-state index in [9.17, 15) is 22.4 Å². The summed E-state index contributed by atoms with van der Waals surface area (Å²) < 4.78 is 63.6. The van der Waals surface area contributed by atoms with Crippen molar-refractivity contribution in [3.8, 4) is 5.75 Å². The normalized spacial score (nSPS) is 17.4. The monoisotopic (exact) mass is 424 g/mol. The van der Waals surface area contributed by atoms with Crippen molar-refractivity contribution in [1.29, 1.82) is 0 Å². The molecule has 2 heterocycles. The molecule has 30 heavy (non-hydrogen) atoms. The van der Waals surface area contributed by atoms with Gasteiger partial charge in [0, 0.05) is 18.3 Å². The molecular weight excluding hydrogens is 404 g/mol. The third-order valence-corrected chi connectivity index (χ3v) is 4.50. The average Bonchev–Trinajstić information content (AvgIpc) is 2.72. The van der Waals surface area contributed by atoms with Crippen molar-refractivity contribution in [2.75, 3.05) is 26.3 Å². The number of aryl methyl sites for hydroxylation is 1. The van der Waals surface area contributed by atoms with Gasteiger partial charge in [0.2, 0.25) is 5.91 Å². The number of hydrogen-bond donors (Lipinski definition) is 0. The first-order valence-corrected chi connectivity index (χ1v) is 9.23. The van der Waals surface area contributed by atoms with Crippen molar-refractivity contribution in [3.05, 3.63) is 65.2 Å². The summed E-state index contributed by atoms with van der Waals surface area (Å²) in [5.41, 5.74) is -0.557. The molecule has 3 rings (SSSR count). The molecule has 0 spiro atoms. The Balaban J connectivity index is 1.61. The van der Waals surface area contributed by atoms with Crippen LogP contribution in [0, 0.1) is 12.7 Å². The lowest BCUT2D eigenvalue weighted by atomic mass is 10.1. The minimum atomic E-state index is -4.73. The molecule has 0 bridgehead atoms. The van der Waals surface area contributed by atoms with Crippen molar-refractivity contribution < 1.29 is 31.8 Å². The molecule has 5 nitrogen and oxygen atoms in total. The predicted molar refractivity (Wildman–Crippen MR) is 101 cm³/mol. The van der Waals surface area contributed by atoms with Crippen molar-refractivity contribution in [2.24, 2.45) is 0 Å². The minimum Gasteiger partial charge on any atom is -0.489 e. The highest BCUT2D eigenvalue weighted by molar-refractivity contribution is 5.92. The van der Waals surface area contributed by atoms with Gasteiger partial charge in [-0.1, -0.05) is 6.07 Å². The number of pyridine rings is 1. The van der Waals surface area contributed by atoms with Crippen LogP contribution in [0.25, 0.3) is 6.08 Å². The molecule has 1 atom stereocenters. The molecule has 1 saturated heterocycles. The molecule has 1 aromatic heterocycles. The number of rotatable bonds is 5. The number of amides is 1. The van der Waals surface area contributed by atoms with E-state index in [0.29, 0.717) is 18.4 Å². The Hall–Kier alpha value is -2.94. The van der Waals surface area contributed by atoms with Crippen LogP contribution in [-0.2, 0) is 15.7 Å². The second kappa shape index (κ2) is 9.25. The maximum absolute atomic E-state index is 13.2. The third-order valence-electron chi connectivity index (χ3n) is 4.50. The quantitative estimate of drug-likeness (QED) is 0.540. The number of aromatic nitrogens is 1. The van der Waals surface area contributed by atoms with Crippen molar-refractivity contribution >= 4 is 12.0 Å². The molecule has 0 aliphatic carbocycles. The summed E-state index contributed by atoms with van der Waals surface area (Å²) in [5.74, 6) is -0.883. The maximum atomic E-state index is 13.2. The third kappa shape index (κ3) is 5.79. The molecule has 9 heteroatoms. The molecule has 0 N–H and O–H groups in total. The van der Waals surface area contributed by atoms with Gasteiger partial charge in [-0.3, -0.25) is 9.78 Å². The fourth-order valence-corrected chi connectivity index (χ4v) is 2.93. The second-order valence-corrected chi connectivity index (χ2v) is 6.79. The Kier molecular flexibility index (Phi) is 6.71. The van der Waals surface area contributed by atoms with Gasteiger partial charge in [0.25, 0.3) is 0 Å². The van der Waals surface area contributed by atoms with E-state index in [1.165, 1.54) is 4.90 Å². The fraction of sp³-hybridized carbons (Fsp3) is 0.333. The van der Waals surface area contributed by atoms with E-state index in [2.05, 4.69) is 4.98 Å². The summed E-state index contributed by atoms with van der Waals surface area (Å²) in [7, 11) is 0. The van der Waals surface area contributed by atoms with Crippen LogP contribution in [0.2, 0.25) is 0 Å². The lowest BCUT2D eigenvalue weighted by molar-refractivity contribution is -0.138. The first kappa shape index (κ1) is 21.8. The summed E-state index contributed by atoms with van der Waals surface area (Å²) in [6, 6.07) is 5.90. The van der Waals surface area contributed by atoms with E-state index >= 15 is 0 Å². The van der Waals surface area contributed by atoms with Crippen LogP contribution in [0.15, 0.2) is 42.6 Å². The Bertz CT molecular complexity index is 913. The molecule has 1 unspecified atom stereocenters. The highest BCUT2D eigenvalue weighted by Gasteiger charge is 2.33. The first-order valence-electron chi connectivity index (χ1n) is 9.23. The van der Waals surface area contributed by atoms with Crippen LogP contribution in [0.1, 0.15) is 16.8 Å². The van der Waals surface area contributed by atoms with E-state index in [4.69, 9.17) is 9.47 Å². The Morgan fingerprint density at radius 1 is 1.33 bits per heavy atom. The maximum Gasteiger partial charge on any atom is 0.417 e. The Morgan fingerprint density at radius 3 is 2.83 bits per heavy atom. The van der Waals surface area contributed by atoms with Gasteiger partial charge in [0.15, 0.2) is 0 Å². The van der Waals surface area contributed by atoms with Crippen LogP contribution >= 0.6 is 0 Å². The molecular formula is C21H20F4N2O3. The van der Waals surface area contributed by atoms with Gasteiger partial charge >= 0.3 is 6.18 Å². The van der Waals surface area contributed by atoms with E-state index < -0.39 is 23.5 Å². The minimum absolute atomic E-state index is 0.203. The van der Waals surface area contributed by atoms with E-state index in [0.717, 1.165) is 30.0 Å². The number of halogens is 4. The number of morpholine rings is 1. The van der Waals surface area contributed by atoms with E-state index in [-0.39, 0.29) is 31.4 Å². The number of carbonyl (C=O) groups excluding carboxylic acids is 1. The number of nitrogens with zero attached hydrogens (tertiary/aromatic N) is 2. The van der Waals surface area contributed by atoms with E-state index in [1.54, 1.807) is 12.3 Å². The summed E-state index contributed by atoms with van der Waals surface area (Å²) in [4.78, 5) is 18.0. The lowest BCUT2D eigenvalue weighted by Gasteiger charge is -2.32. The zero-order valence-electron chi connectivity index (χ0n) is 16.2. The van der Waals surface area contributed by atoms with Crippen LogP contribution in [0.3, 0.4) is 0 Å². The van der Waals surface area contributed by atoms with Crippen molar-refractivity contribution in [3.63, 3.8) is 0 Å². The first-order chi connectivity index (χ1) is 14.2. The molecule has 0 radical (unpaired) electrons. The zero-order chi connectivity index (χ0) is 21.7.